The first kappa shape index (κ1) is 84.7. The fraction of sp³-hybridized carbons (Fsp3) is 0.146. The van der Waals surface area contributed by atoms with Gasteiger partial charge in [0.25, 0.3) is 0 Å². The van der Waals surface area contributed by atoms with Crippen LogP contribution in [0.3, 0.4) is 0 Å². The van der Waals surface area contributed by atoms with E-state index < -0.39 is 445 Å². The van der Waals surface area contributed by atoms with E-state index in [1.807, 2.05) is 0 Å². The summed E-state index contributed by atoms with van der Waals surface area (Å²) in [4.78, 5) is 159. The minimum absolute atomic E-state index is 0.0437. The van der Waals surface area contributed by atoms with E-state index in [-0.39, 0.29) is 30.3 Å². The van der Waals surface area contributed by atoms with Crippen molar-refractivity contribution in [1.29, 1.82) is 0 Å². The molecule has 10 heterocycles. The highest BCUT2D eigenvalue weighted by Crippen LogP contribution is 2.68. The molecule has 684 valence electrons. The number of carbonyl (C=O) groups is 10. The monoisotopic (exact) mass is 1850 g/mol. The molecule has 12 bridgehead atoms. The highest BCUT2D eigenvalue weighted by Gasteiger charge is 2.61. The Hall–Kier alpha value is -19.1. The zero-order valence-electron chi connectivity index (χ0n) is 64.6. The molecule has 0 aromatic heterocycles. The summed E-state index contributed by atoms with van der Waals surface area (Å²) in [6.45, 7) is -4.22. The van der Waals surface area contributed by atoms with E-state index in [0.717, 1.165) is 0 Å². The SMILES string of the molecule is O=C1OC[C@@H]2OC(=O)c3cc(O)c(O)c(O)c3-c3c(O)c(O)c(O)c4c3C(=O)OC([C@@H]3OC(=O)c5c-4c(O)c(O)c(O)c5[C@H]3c3c(O)c(O)c(O)c4c3C(=O)OC[C@@H]3OC(=O)c5cc(O)c(O)c(O)c5-c5c(O)c(O)c(O)c6c5C(=O)O[C@@H]([C@@H]3OC(=O)c3cc(O)c(O)c(O)c3-4)[C@@H]3OC(=O)c4c-6c(O)c(O)c(O)c4[C@H]3O)[C@@H]2OC(=O)c2cc(O)c(O)c(O)c2-c2c1cc(O)c(O)c2O. The number of phenolic OH excluding ortho intramolecular Hbond substituents is 30. The minimum atomic E-state index is -3.66. The minimum Gasteiger partial charge on any atom is -0.504 e. The van der Waals surface area contributed by atoms with Crippen LogP contribution in [0.4, 0.5) is 0 Å². The molecule has 20 rings (SSSR count). The molecule has 0 spiro atoms. The van der Waals surface area contributed by atoms with Crippen LogP contribution in [0.5, 0.6) is 172 Å². The summed E-state index contributed by atoms with van der Waals surface area (Å²) in [5, 5.41) is 369. The Morgan fingerprint density at radius 3 is 0.729 bits per heavy atom. The number of fused-ring (bicyclic) bond motifs is 14. The Labute approximate surface area is 726 Å². The van der Waals surface area contributed by atoms with E-state index in [1.54, 1.807) is 0 Å². The molecular weight excluding hydrogens is 1800 g/mol. The molecule has 0 fully saturated rings. The number of hydrogen-bond donors (Lipinski definition) is 31. The molecule has 10 aliphatic heterocycles. The fourth-order valence-electron chi connectivity index (χ4n) is 17.5. The van der Waals surface area contributed by atoms with Crippen molar-refractivity contribution >= 4 is 59.7 Å². The number of cyclic esters (lactones) is 2. The maximum absolute atomic E-state index is 16.8. The predicted octanol–water partition coefficient (Wildman–Crippen LogP) is 3.05. The van der Waals surface area contributed by atoms with Crippen molar-refractivity contribution in [2.75, 3.05) is 13.2 Å². The predicted molar refractivity (Wildman–Crippen MR) is 409 cm³/mol. The van der Waals surface area contributed by atoms with Crippen molar-refractivity contribution in [3.8, 4) is 239 Å². The molecule has 0 saturated heterocycles. The van der Waals surface area contributed by atoms with Gasteiger partial charge < -0.3 is 206 Å². The van der Waals surface area contributed by atoms with E-state index in [1.165, 1.54) is 0 Å². The molecule has 10 aromatic carbocycles. The van der Waals surface area contributed by atoms with Gasteiger partial charge in [0, 0.05) is 83.5 Å². The normalized spacial score (nSPS) is 20.8. The van der Waals surface area contributed by atoms with Gasteiger partial charge in [0.15, 0.2) is 164 Å². The molecule has 133 heavy (non-hydrogen) atoms. The Morgan fingerprint density at radius 2 is 0.391 bits per heavy atom. The van der Waals surface area contributed by atoms with Gasteiger partial charge in [-0.25, -0.2) is 47.9 Å². The summed E-state index contributed by atoms with van der Waals surface area (Å²) in [7, 11) is 0. The first-order valence-corrected chi connectivity index (χ1v) is 37.2. The van der Waals surface area contributed by atoms with Gasteiger partial charge in [-0.15, -0.1) is 0 Å². The van der Waals surface area contributed by atoms with Crippen LogP contribution in [0.1, 0.15) is 132 Å². The van der Waals surface area contributed by atoms with E-state index in [0.29, 0.717) is 0 Å². The Bertz CT molecular complexity index is 7280. The molecule has 1 unspecified atom stereocenters. The van der Waals surface area contributed by atoms with E-state index in [4.69, 9.17) is 47.4 Å². The maximum atomic E-state index is 16.8. The first-order valence-electron chi connectivity index (χ1n) is 37.2. The number of aromatic hydroxyl groups is 30. The van der Waals surface area contributed by atoms with Crippen LogP contribution in [0.15, 0.2) is 30.3 Å². The van der Waals surface area contributed by atoms with Crippen LogP contribution in [0.25, 0.3) is 66.8 Å². The van der Waals surface area contributed by atoms with Gasteiger partial charge in [0.2, 0.25) is 57.5 Å². The van der Waals surface area contributed by atoms with Gasteiger partial charge in [-0.3, -0.25) is 0 Å². The van der Waals surface area contributed by atoms with E-state index in [2.05, 4.69) is 0 Å². The van der Waals surface area contributed by atoms with Crippen molar-refractivity contribution < 1.29 is 254 Å². The maximum Gasteiger partial charge on any atom is 0.340 e. The van der Waals surface area contributed by atoms with Crippen molar-refractivity contribution in [1.82, 2.24) is 0 Å². The lowest BCUT2D eigenvalue weighted by Crippen LogP contribution is -2.56. The molecule has 0 aliphatic carbocycles. The second-order valence-corrected chi connectivity index (χ2v) is 30.3. The third-order valence-electron chi connectivity index (χ3n) is 23.4. The smallest absolute Gasteiger partial charge is 0.340 e. The number of benzene rings is 10. The Morgan fingerprint density at radius 1 is 0.180 bits per heavy atom. The summed E-state index contributed by atoms with van der Waals surface area (Å²) in [5.41, 5.74) is -42.6. The lowest BCUT2D eigenvalue weighted by Gasteiger charge is -2.43. The second-order valence-electron chi connectivity index (χ2n) is 30.3. The summed E-state index contributed by atoms with van der Waals surface area (Å²) >= 11 is 0. The Balaban J connectivity index is 0.956. The van der Waals surface area contributed by atoms with Gasteiger partial charge in [-0.1, -0.05) is 0 Å². The largest absolute Gasteiger partial charge is 0.504 e. The van der Waals surface area contributed by atoms with E-state index in [9.17, 15) is 168 Å². The molecule has 10 aliphatic rings. The number of aliphatic hydroxyl groups is 1. The summed E-state index contributed by atoms with van der Waals surface area (Å²) in [6.07, 6.45) is -30.1. The average Bonchev–Trinajstić information content (AvgIpc) is 1.35. The average molecular weight is 1850 g/mol. The van der Waals surface area contributed by atoms with E-state index >= 15 is 38.4 Å². The first-order chi connectivity index (χ1) is 62.6. The zero-order chi connectivity index (χ0) is 96.3. The standard InChI is InChI=1S/C82H50O51/c83-13-1-8-20(46(93)41(13)88)21-9(2-14(84)42(89)47(21)94)76(117)128-67-18(6-124-73(8)114)126-74(115)10-3-15(85)43(90)48(95)22(10)26-36-28(54(101)62(109)52(26)99)29-38-33(59(106)65(112)55(29)102)34(69(130-79(38)120)71(67)132-80(36)121)32-35-25(51(98)64(111)58(32)105)24-12(5-17(87)45(92)50(24)97)77(118)129-68-19(7-125-78(35)119)127-75(116)11-4-16(86)44(91)49(96)23(11)27-37-30(56(103)63(110)53(27)100)31-39-40(60(107)66(113)57(31)104)61(108)70(131-82(39)123)72(68)133-81(37)122/h1-5,18-19,34,61,67-72,83-113H,6-7H2/t18-,19-,34+,61+,67+,68+,69+,70+,71?,72-/m0/s1. The second kappa shape index (κ2) is 28.4. The van der Waals surface area contributed by atoms with Crippen LogP contribution < -0.4 is 0 Å². The molecular formula is C82H50O51. The van der Waals surface area contributed by atoms with Gasteiger partial charge in [-0.2, -0.15) is 0 Å². The third kappa shape index (κ3) is 11.3. The summed E-state index contributed by atoms with van der Waals surface area (Å²) in [5.74, 6) is -84.2. The van der Waals surface area contributed by atoms with Crippen molar-refractivity contribution in [2.24, 2.45) is 0 Å². The number of rotatable bonds is 1. The van der Waals surface area contributed by atoms with Crippen LogP contribution in [0.2, 0.25) is 0 Å². The number of ether oxygens (including phenoxy) is 10. The topological polar surface area (TPSA) is 890 Å². The lowest BCUT2D eigenvalue weighted by atomic mass is 9.72. The zero-order valence-corrected chi connectivity index (χ0v) is 64.6. The molecule has 0 saturated carbocycles. The number of esters is 10. The van der Waals surface area contributed by atoms with Crippen molar-refractivity contribution in [3.63, 3.8) is 0 Å². The number of aliphatic hydroxyl groups excluding tert-OH is 1. The number of hydrogen-bond acceptors (Lipinski definition) is 51. The molecule has 0 radical (unpaired) electrons. The Kier molecular flexibility index (Phi) is 18.1. The van der Waals surface area contributed by atoms with Gasteiger partial charge in [0.05, 0.1) is 61.6 Å². The third-order valence-corrected chi connectivity index (χ3v) is 23.4. The number of carbonyl (C=O) groups excluding carboxylic acids is 10. The number of phenols is 30. The van der Waals surface area contributed by atoms with Crippen LogP contribution >= 0.6 is 0 Å². The summed E-state index contributed by atoms with van der Waals surface area (Å²) < 4.78 is 58.6. The van der Waals surface area contributed by atoms with Gasteiger partial charge in [-0.05, 0) is 30.3 Å². The quantitative estimate of drug-likeness (QED) is 0.0638. The highest BCUT2D eigenvalue weighted by atomic mass is 16.7. The van der Waals surface area contributed by atoms with Crippen LogP contribution in [-0.4, -0.2) is 280 Å². The fourth-order valence-corrected chi connectivity index (χ4v) is 17.5. The van der Waals surface area contributed by atoms with Gasteiger partial charge in [0.1, 0.15) is 19.3 Å². The lowest BCUT2D eigenvalue weighted by molar-refractivity contribution is -0.154. The molecule has 0 amide bonds. The van der Waals surface area contributed by atoms with Crippen LogP contribution in [-0.2, 0) is 47.4 Å². The molecule has 51 heteroatoms. The molecule has 10 aromatic rings. The van der Waals surface area contributed by atoms with Gasteiger partial charge >= 0.3 is 59.7 Å². The molecule has 31 N–H and O–H groups in total. The summed E-state index contributed by atoms with van der Waals surface area (Å²) in [6, 6.07) is 0.454. The molecule has 51 nitrogen and oxygen atoms in total. The van der Waals surface area contributed by atoms with Crippen molar-refractivity contribution in [3.05, 3.63) is 103 Å². The highest BCUT2D eigenvalue weighted by molar-refractivity contribution is 6.20. The van der Waals surface area contributed by atoms with Crippen LogP contribution in [0, 0.1) is 0 Å². The van der Waals surface area contributed by atoms with Crippen molar-refractivity contribution in [2.45, 2.75) is 60.9 Å². The molecule has 10 atom stereocenters.